The first-order chi connectivity index (χ1) is 20.9. The molecule has 11 nitrogen and oxygen atoms in total. The highest BCUT2D eigenvalue weighted by atomic mass is 32.2. The lowest BCUT2D eigenvalue weighted by atomic mass is 10.0. The molecule has 0 unspecified atom stereocenters. The summed E-state index contributed by atoms with van der Waals surface area (Å²) in [6.07, 6.45) is -1.61. The summed E-state index contributed by atoms with van der Waals surface area (Å²) >= 11 is 0. The Bertz CT molecular complexity index is 1750. The van der Waals surface area contributed by atoms with E-state index in [1.165, 1.54) is 42.5 Å². The maximum Gasteiger partial charge on any atom is 0.417 e. The highest BCUT2D eigenvalue weighted by Crippen LogP contribution is 2.33. The summed E-state index contributed by atoms with van der Waals surface area (Å²) in [4.78, 5) is 25.5. The summed E-state index contributed by atoms with van der Waals surface area (Å²) in [5, 5.41) is 18.7. The Kier molecular flexibility index (Phi) is 10.1. The molecule has 4 N–H and O–H groups in total. The van der Waals surface area contributed by atoms with Crippen molar-refractivity contribution in [1.29, 1.82) is 0 Å². The monoisotopic (exact) mass is 615 g/mol. The Balaban J connectivity index is 1.54. The molecule has 0 aromatic heterocycles. The molecule has 0 spiro atoms. The molecule has 0 fully saturated rings. The van der Waals surface area contributed by atoms with Crippen LogP contribution in [0, 0.1) is 0 Å². The molecule has 4 rings (SSSR count). The van der Waals surface area contributed by atoms with E-state index in [1.54, 1.807) is 24.3 Å². The fraction of sp³-hybridized carbons (Fsp3) is 0.188. The molecule has 4 aromatic rings. The van der Waals surface area contributed by atoms with Crippen molar-refractivity contribution in [2.75, 3.05) is 10.6 Å². The molecule has 0 heterocycles. The molecule has 0 aliphatic carbocycles. The number of anilines is 2. The molecule has 0 radical (unpaired) electrons. The normalized spacial score (nSPS) is 11.5. The number of carbonyl (C=O) groups excluding carboxylic acids is 2. The average Bonchev–Trinajstić information content (AvgIpc) is 2.97. The topological polar surface area (TPSA) is 162 Å². The van der Waals surface area contributed by atoms with Gasteiger partial charge in [0.25, 0.3) is 0 Å². The van der Waals surface area contributed by atoms with E-state index in [0.717, 1.165) is 11.1 Å². The molecule has 0 saturated heterocycles. The van der Waals surface area contributed by atoms with Gasteiger partial charge >= 0.3 is 12.2 Å². The van der Waals surface area contributed by atoms with Crippen LogP contribution in [0.4, 0.5) is 32.3 Å². The van der Waals surface area contributed by atoms with Gasteiger partial charge in [0.05, 0.1) is 16.3 Å². The van der Waals surface area contributed by atoms with Gasteiger partial charge in [0, 0.05) is 17.4 Å². The van der Waals surface area contributed by atoms with Crippen LogP contribution in [0.25, 0.3) is 0 Å². The molecular formula is C32H33N5O6S. The molecule has 0 aliphatic rings. The number of rotatable bonds is 9. The van der Waals surface area contributed by atoms with Crippen molar-refractivity contribution in [1.82, 2.24) is 0 Å². The second-order valence-electron chi connectivity index (χ2n) is 10.5. The number of benzene rings is 4. The van der Waals surface area contributed by atoms with Gasteiger partial charge in [0.2, 0.25) is 10.0 Å². The third-order valence-corrected chi connectivity index (χ3v) is 7.36. The maximum absolute atomic E-state index is 12.8. The van der Waals surface area contributed by atoms with E-state index >= 15 is 0 Å². The smallest absolute Gasteiger partial charge is 0.406 e. The number of azo groups is 1. The van der Waals surface area contributed by atoms with Crippen molar-refractivity contribution < 1.29 is 27.5 Å². The largest absolute Gasteiger partial charge is 0.417 e. The van der Waals surface area contributed by atoms with Crippen molar-refractivity contribution >= 4 is 45.0 Å². The molecular weight excluding hydrogens is 582 g/mol. The maximum atomic E-state index is 12.8. The van der Waals surface area contributed by atoms with E-state index < -0.39 is 22.2 Å². The number of carbonyl (C=O) groups is 2. The number of sulfonamides is 1. The van der Waals surface area contributed by atoms with Crippen molar-refractivity contribution in [3.63, 3.8) is 0 Å². The minimum Gasteiger partial charge on any atom is -0.406 e. The summed E-state index contributed by atoms with van der Waals surface area (Å²) < 4.78 is 34.0. The zero-order valence-electron chi connectivity index (χ0n) is 24.6. The molecule has 12 heteroatoms. The lowest BCUT2D eigenvalue weighted by molar-refractivity contribution is 0.205. The van der Waals surface area contributed by atoms with Gasteiger partial charge in [0.15, 0.2) is 11.5 Å². The van der Waals surface area contributed by atoms with Gasteiger partial charge < -0.3 is 9.47 Å². The highest BCUT2D eigenvalue weighted by Gasteiger charge is 2.16. The molecule has 4 aromatic carbocycles. The number of nitrogens with two attached hydrogens (primary N) is 1. The molecule has 0 bridgehead atoms. The first kappa shape index (κ1) is 31.9. The van der Waals surface area contributed by atoms with Crippen molar-refractivity contribution in [2.24, 2.45) is 15.4 Å². The first-order valence-electron chi connectivity index (χ1n) is 13.7. The predicted molar refractivity (Wildman–Crippen MR) is 169 cm³/mol. The SMILES string of the molecule is CC(C)c1ccc(NC(=O)Oc2ccc(N=Nc3ccc(S(N)(=O)=O)cc3)cc2OC(=O)Nc2ccc(C(C)C)cc2)cc1. The molecule has 0 aliphatic heterocycles. The molecule has 44 heavy (non-hydrogen) atoms. The Morgan fingerprint density at radius 1 is 0.636 bits per heavy atom. The fourth-order valence-electron chi connectivity index (χ4n) is 3.93. The number of nitrogens with zero attached hydrogens (tertiary/aromatic N) is 2. The van der Waals surface area contributed by atoms with Gasteiger partial charge in [-0.1, -0.05) is 52.0 Å². The molecule has 228 valence electrons. The Hall–Kier alpha value is -5.07. The number of nitrogens with one attached hydrogen (secondary N) is 2. The minimum absolute atomic E-state index is 0.0388. The number of amides is 2. The van der Waals surface area contributed by atoms with Crippen molar-refractivity contribution in [2.45, 2.75) is 44.4 Å². The summed E-state index contributed by atoms with van der Waals surface area (Å²) in [5.74, 6) is 0.543. The van der Waals surface area contributed by atoms with Crippen LogP contribution in [0.5, 0.6) is 11.5 Å². The van der Waals surface area contributed by atoms with Gasteiger partial charge in [-0.3, -0.25) is 10.6 Å². The van der Waals surface area contributed by atoms with E-state index in [1.807, 2.05) is 24.3 Å². The van der Waals surface area contributed by atoms with Gasteiger partial charge in [-0.05, 0) is 83.6 Å². The Morgan fingerprint density at radius 3 is 1.52 bits per heavy atom. The fourth-order valence-corrected chi connectivity index (χ4v) is 4.45. The minimum atomic E-state index is -3.85. The second kappa shape index (κ2) is 13.9. The zero-order valence-corrected chi connectivity index (χ0v) is 25.5. The van der Waals surface area contributed by atoms with Gasteiger partial charge in [-0.2, -0.15) is 10.2 Å². The molecule has 2 amide bonds. The average molecular weight is 616 g/mol. The van der Waals surface area contributed by atoms with Gasteiger partial charge in [0.1, 0.15) is 0 Å². The summed E-state index contributed by atoms with van der Waals surface area (Å²) in [7, 11) is -3.85. The number of ether oxygens (including phenoxy) is 2. The Labute approximate surface area is 256 Å². The molecule has 0 saturated carbocycles. The van der Waals surface area contributed by atoms with E-state index in [-0.39, 0.29) is 22.1 Å². The van der Waals surface area contributed by atoms with Crippen LogP contribution in [-0.2, 0) is 10.0 Å². The van der Waals surface area contributed by atoms with E-state index in [4.69, 9.17) is 14.6 Å². The van der Waals surface area contributed by atoms with Crippen LogP contribution in [0.15, 0.2) is 106 Å². The number of primary sulfonamides is 1. The highest BCUT2D eigenvalue weighted by molar-refractivity contribution is 7.89. The summed E-state index contributed by atoms with van der Waals surface area (Å²) in [6.45, 7) is 8.28. The van der Waals surface area contributed by atoms with Crippen molar-refractivity contribution in [3.05, 3.63) is 102 Å². The van der Waals surface area contributed by atoms with Crippen LogP contribution >= 0.6 is 0 Å². The van der Waals surface area contributed by atoms with Crippen LogP contribution < -0.4 is 25.2 Å². The van der Waals surface area contributed by atoms with E-state index in [9.17, 15) is 18.0 Å². The van der Waals surface area contributed by atoms with Gasteiger partial charge in [-0.25, -0.2) is 23.1 Å². The van der Waals surface area contributed by atoms with Crippen LogP contribution in [0.3, 0.4) is 0 Å². The standard InChI is InChI=1S/C32H33N5O6S/c1-20(2)22-5-9-24(10-6-22)34-31(38)42-29-18-15-27(37-36-26-13-16-28(17-14-26)44(33,40)41)19-30(29)43-32(39)35-25-11-7-23(8-12-25)21(3)4/h5-21H,1-4H3,(H,34,38)(H,35,39)(H2,33,40,41). The summed E-state index contributed by atoms with van der Waals surface area (Å²) in [6, 6.07) is 24.5. The van der Waals surface area contributed by atoms with Gasteiger partial charge in [-0.15, -0.1) is 0 Å². The number of hydrogen-bond donors (Lipinski definition) is 3. The quantitative estimate of drug-likeness (QED) is 0.161. The predicted octanol–water partition coefficient (Wildman–Crippen LogP) is 8.22. The summed E-state index contributed by atoms with van der Waals surface area (Å²) in [5.41, 5.74) is 3.90. The lowest BCUT2D eigenvalue weighted by Gasteiger charge is -2.13. The lowest BCUT2D eigenvalue weighted by Crippen LogP contribution is -2.20. The third kappa shape index (κ3) is 8.96. The number of hydrogen-bond acceptors (Lipinski definition) is 8. The van der Waals surface area contributed by atoms with E-state index in [0.29, 0.717) is 28.9 Å². The third-order valence-electron chi connectivity index (χ3n) is 6.43. The second-order valence-corrected chi connectivity index (χ2v) is 12.0. The Morgan fingerprint density at radius 2 is 1.07 bits per heavy atom. The van der Waals surface area contributed by atoms with Crippen LogP contribution in [-0.4, -0.2) is 20.6 Å². The molecule has 0 atom stereocenters. The first-order valence-corrected chi connectivity index (χ1v) is 15.3. The van der Waals surface area contributed by atoms with E-state index in [2.05, 4.69) is 48.6 Å². The van der Waals surface area contributed by atoms with Crippen LogP contribution in [0.2, 0.25) is 0 Å². The van der Waals surface area contributed by atoms with Crippen molar-refractivity contribution in [3.8, 4) is 11.5 Å². The zero-order chi connectivity index (χ0) is 31.9. The van der Waals surface area contributed by atoms with Crippen LogP contribution in [0.1, 0.15) is 50.7 Å².